The van der Waals surface area contributed by atoms with E-state index in [9.17, 15) is 22.2 Å². The van der Waals surface area contributed by atoms with Crippen molar-refractivity contribution < 1.29 is 31.3 Å². The molecule has 0 radical (unpaired) electrons. The molecule has 1 fully saturated rings. The Bertz CT molecular complexity index is 1160. The molecular formula is C22H21F3N4O4S. The van der Waals surface area contributed by atoms with Crippen LogP contribution in [0.1, 0.15) is 11.5 Å². The highest BCUT2D eigenvalue weighted by molar-refractivity contribution is 7.85. The Kier molecular flexibility index (Phi) is 6.87. The number of halogens is 3. The van der Waals surface area contributed by atoms with E-state index in [1.807, 2.05) is 0 Å². The highest BCUT2D eigenvalue weighted by Gasteiger charge is 2.38. The van der Waals surface area contributed by atoms with Crippen LogP contribution in [-0.2, 0) is 23.5 Å². The largest absolute Gasteiger partial charge is 0.497 e. The molecule has 1 aliphatic rings. The van der Waals surface area contributed by atoms with Crippen LogP contribution in [0.5, 0.6) is 5.75 Å². The van der Waals surface area contributed by atoms with Gasteiger partial charge in [0.15, 0.2) is 0 Å². The zero-order valence-corrected chi connectivity index (χ0v) is 18.9. The van der Waals surface area contributed by atoms with E-state index in [1.54, 1.807) is 65.4 Å². The Morgan fingerprint density at radius 3 is 2.29 bits per heavy atom. The Morgan fingerprint density at radius 2 is 1.74 bits per heavy atom. The number of benzene rings is 2. The standard InChI is InChI=1S/C22H21F3N4O4S/c1-32-18-8-6-17(7-9-18)29(21(30)28-10-12-34(31)13-11-28)14-15-2-4-16(5-3-15)19-26-27-20(33-19)22(23,24)25/h2-9H,10-14H2,1H3. The van der Waals surface area contributed by atoms with Crippen molar-refractivity contribution in [2.75, 3.05) is 36.6 Å². The lowest BCUT2D eigenvalue weighted by Crippen LogP contribution is -2.48. The van der Waals surface area contributed by atoms with Crippen molar-refractivity contribution in [3.05, 3.63) is 60.0 Å². The van der Waals surface area contributed by atoms with E-state index in [4.69, 9.17) is 9.15 Å². The number of amides is 2. The average molecular weight is 494 g/mol. The molecule has 0 saturated carbocycles. The first kappa shape index (κ1) is 23.7. The molecule has 0 aliphatic carbocycles. The number of alkyl halides is 3. The minimum atomic E-state index is -4.72. The van der Waals surface area contributed by atoms with Crippen LogP contribution < -0.4 is 9.64 Å². The van der Waals surface area contributed by atoms with E-state index in [-0.39, 0.29) is 18.5 Å². The molecule has 12 heteroatoms. The monoisotopic (exact) mass is 494 g/mol. The molecule has 34 heavy (non-hydrogen) atoms. The molecule has 0 bridgehead atoms. The smallest absolute Gasteiger partial charge is 0.470 e. The number of aromatic nitrogens is 2. The third kappa shape index (κ3) is 5.38. The Hall–Kier alpha value is -3.41. The summed E-state index contributed by atoms with van der Waals surface area (Å²) in [5.41, 5.74) is 1.71. The fourth-order valence-electron chi connectivity index (χ4n) is 3.42. The third-order valence-electron chi connectivity index (χ3n) is 5.27. The highest BCUT2D eigenvalue weighted by atomic mass is 32.2. The molecule has 4 rings (SSSR count). The summed E-state index contributed by atoms with van der Waals surface area (Å²) in [6.07, 6.45) is -4.72. The third-order valence-corrected chi connectivity index (χ3v) is 6.55. The molecule has 1 aromatic heterocycles. The molecular weight excluding hydrogens is 473 g/mol. The number of rotatable bonds is 5. The van der Waals surface area contributed by atoms with Crippen molar-refractivity contribution >= 4 is 22.5 Å². The van der Waals surface area contributed by atoms with Gasteiger partial charge in [0.1, 0.15) is 5.75 Å². The van der Waals surface area contributed by atoms with Crippen LogP contribution in [0.15, 0.2) is 52.9 Å². The van der Waals surface area contributed by atoms with Crippen molar-refractivity contribution in [1.82, 2.24) is 15.1 Å². The van der Waals surface area contributed by atoms with Gasteiger partial charge < -0.3 is 14.1 Å². The summed E-state index contributed by atoms with van der Waals surface area (Å²) in [7, 11) is 0.628. The first-order chi connectivity index (χ1) is 16.2. The van der Waals surface area contributed by atoms with Gasteiger partial charge in [-0.2, -0.15) is 13.2 Å². The van der Waals surface area contributed by atoms with Crippen molar-refractivity contribution in [2.45, 2.75) is 12.7 Å². The van der Waals surface area contributed by atoms with Crippen LogP contribution in [0.3, 0.4) is 0 Å². The number of hydrogen-bond donors (Lipinski definition) is 0. The molecule has 2 aromatic carbocycles. The van der Waals surface area contributed by atoms with Crippen LogP contribution in [0, 0.1) is 0 Å². The molecule has 180 valence electrons. The number of nitrogens with zero attached hydrogens (tertiary/aromatic N) is 4. The second-order valence-electron chi connectivity index (χ2n) is 7.51. The van der Waals surface area contributed by atoms with Gasteiger partial charge in [-0.1, -0.05) is 12.1 Å². The van der Waals surface area contributed by atoms with E-state index in [1.165, 1.54) is 0 Å². The maximum Gasteiger partial charge on any atom is 0.470 e. The molecule has 0 spiro atoms. The quantitative estimate of drug-likeness (QED) is 0.534. The maximum atomic E-state index is 13.3. The zero-order valence-electron chi connectivity index (χ0n) is 18.1. The lowest BCUT2D eigenvalue weighted by molar-refractivity contribution is -0.156. The number of hydrogen-bond acceptors (Lipinski definition) is 6. The number of carbonyl (C=O) groups excluding carboxylic acids is 1. The number of carbonyl (C=O) groups is 1. The number of ether oxygens (including phenoxy) is 1. The van der Waals surface area contributed by atoms with Gasteiger partial charge in [-0.05, 0) is 42.0 Å². The molecule has 2 amide bonds. The number of methoxy groups -OCH3 is 1. The Labute approximate surface area is 195 Å². The first-order valence-corrected chi connectivity index (χ1v) is 11.8. The molecule has 2 heterocycles. The summed E-state index contributed by atoms with van der Waals surface area (Å²) >= 11 is 0. The van der Waals surface area contributed by atoms with Crippen molar-refractivity contribution in [2.24, 2.45) is 0 Å². The Morgan fingerprint density at radius 1 is 1.09 bits per heavy atom. The summed E-state index contributed by atoms with van der Waals surface area (Å²) in [6.45, 7) is 1.01. The molecule has 0 atom stereocenters. The molecule has 1 saturated heterocycles. The van der Waals surface area contributed by atoms with Crippen molar-refractivity contribution in [1.29, 1.82) is 0 Å². The highest BCUT2D eigenvalue weighted by Crippen LogP contribution is 2.30. The number of anilines is 1. The fourth-order valence-corrected chi connectivity index (χ4v) is 4.47. The van der Waals surface area contributed by atoms with Crippen molar-refractivity contribution in [3.63, 3.8) is 0 Å². The van der Waals surface area contributed by atoms with Crippen LogP contribution >= 0.6 is 0 Å². The second kappa shape index (κ2) is 9.84. The van der Waals surface area contributed by atoms with Gasteiger partial charge in [0.2, 0.25) is 5.89 Å². The molecule has 3 aromatic rings. The lowest BCUT2D eigenvalue weighted by Gasteiger charge is -2.33. The fraction of sp³-hybridized carbons (Fsp3) is 0.318. The molecule has 0 unspecified atom stereocenters. The maximum absolute atomic E-state index is 13.3. The van der Waals surface area contributed by atoms with Crippen LogP contribution in [-0.4, -0.2) is 57.0 Å². The van der Waals surface area contributed by atoms with E-state index >= 15 is 0 Å². The molecule has 0 N–H and O–H groups in total. The summed E-state index contributed by atoms with van der Waals surface area (Å²) in [6, 6.07) is 13.3. The summed E-state index contributed by atoms with van der Waals surface area (Å²) in [5.74, 6) is -0.151. The zero-order chi connectivity index (χ0) is 24.3. The van der Waals surface area contributed by atoms with Crippen LogP contribution in [0.25, 0.3) is 11.5 Å². The summed E-state index contributed by atoms with van der Waals surface area (Å²) < 4.78 is 59.8. The van der Waals surface area contributed by atoms with Crippen LogP contribution in [0.4, 0.5) is 23.7 Å². The average Bonchev–Trinajstić information content (AvgIpc) is 3.34. The Balaban J connectivity index is 1.56. The van der Waals surface area contributed by atoms with Gasteiger partial charge in [-0.25, -0.2) is 4.79 Å². The minimum Gasteiger partial charge on any atom is -0.497 e. The molecule has 8 nitrogen and oxygen atoms in total. The summed E-state index contributed by atoms with van der Waals surface area (Å²) in [4.78, 5) is 16.6. The number of urea groups is 1. The first-order valence-electron chi connectivity index (χ1n) is 10.3. The van der Waals surface area contributed by atoms with Gasteiger partial charge in [0.05, 0.1) is 13.7 Å². The topological polar surface area (TPSA) is 88.8 Å². The van der Waals surface area contributed by atoms with E-state index in [0.29, 0.717) is 41.6 Å². The SMILES string of the molecule is COc1ccc(N(Cc2ccc(-c3nnc(C(F)(F)F)o3)cc2)C(=O)N2CCS(=O)CC2)cc1. The summed E-state index contributed by atoms with van der Waals surface area (Å²) in [5, 5.41) is 6.50. The second-order valence-corrected chi connectivity index (χ2v) is 9.21. The van der Waals surface area contributed by atoms with E-state index in [2.05, 4.69) is 10.2 Å². The van der Waals surface area contributed by atoms with Crippen molar-refractivity contribution in [3.8, 4) is 17.2 Å². The van der Waals surface area contributed by atoms with E-state index < -0.39 is 22.9 Å². The predicted molar refractivity (Wildman–Crippen MR) is 119 cm³/mol. The normalized spacial score (nSPS) is 14.8. The van der Waals surface area contributed by atoms with Gasteiger partial charge in [-0.3, -0.25) is 9.11 Å². The van der Waals surface area contributed by atoms with Gasteiger partial charge >= 0.3 is 18.1 Å². The molecule has 1 aliphatic heterocycles. The minimum absolute atomic E-state index is 0.211. The van der Waals surface area contributed by atoms with Gasteiger partial charge in [0, 0.05) is 46.6 Å². The van der Waals surface area contributed by atoms with Gasteiger partial charge in [-0.15, -0.1) is 10.2 Å². The van der Waals surface area contributed by atoms with Gasteiger partial charge in [0.25, 0.3) is 0 Å². The van der Waals surface area contributed by atoms with E-state index in [0.717, 1.165) is 5.56 Å². The van der Waals surface area contributed by atoms with Crippen LogP contribution in [0.2, 0.25) is 0 Å². The lowest BCUT2D eigenvalue weighted by atomic mass is 10.1. The predicted octanol–water partition coefficient (Wildman–Crippen LogP) is 3.95.